The molecular formula is C11H16IN3S. The monoisotopic (exact) mass is 349 g/mol. The number of nitrogens with two attached hydrogens (primary N) is 1. The van der Waals surface area contributed by atoms with E-state index in [1.807, 2.05) is 6.26 Å². The highest BCUT2D eigenvalue weighted by molar-refractivity contribution is 14.1. The fourth-order valence-corrected chi connectivity index (χ4v) is 4.31. The van der Waals surface area contributed by atoms with Crippen LogP contribution in [0.25, 0.3) is 0 Å². The molecule has 0 saturated carbocycles. The Bertz CT molecular complexity index is 443. The topological polar surface area (TPSA) is 51.8 Å². The van der Waals surface area contributed by atoms with Crippen molar-refractivity contribution in [3.63, 3.8) is 0 Å². The van der Waals surface area contributed by atoms with Crippen molar-refractivity contribution in [2.75, 3.05) is 12.0 Å². The standard InChI is InChI=1S/C11H16IN3S/c1-10(2)5-11(3,12)7-6(10)8(13)15-9(14-7)16-4/h5H2,1-4H3,(H2,13,14,15)/t11-/m1/s1. The SMILES string of the molecule is CSc1nc(N)c2c(n1)[C@](C)(I)CC2(C)C. The van der Waals surface area contributed by atoms with Gasteiger partial charge in [0.25, 0.3) is 0 Å². The van der Waals surface area contributed by atoms with Gasteiger partial charge < -0.3 is 5.73 Å². The molecule has 0 unspecified atom stereocenters. The number of hydrogen-bond acceptors (Lipinski definition) is 4. The molecule has 3 nitrogen and oxygen atoms in total. The summed E-state index contributed by atoms with van der Waals surface area (Å²) in [6.45, 7) is 6.65. The number of fused-ring (bicyclic) bond motifs is 1. The van der Waals surface area contributed by atoms with E-state index in [0.29, 0.717) is 5.82 Å². The molecule has 1 aromatic heterocycles. The predicted octanol–water partition coefficient (Wildman–Crippen LogP) is 3.11. The molecule has 0 amide bonds. The summed E-state index contributed by atoms with van der Waals surface area (Å²) in [6.07, 6.45) is 3.04. The molecule has 0 fully saturated rings. The van der Waals surface area contributed by atoms with Gasteiger partial charge in [0.05, 0.1) is 9.12 Å². The molecule has 5 heteroatoms. The van der Waals surface area contributed by atoms with Gasteiger partial charge in [-0.15, -0.1) is 0 Å². The molecule has 0 saturated heterocycles. The van der Waals surface area contributed by atoms with E-state index in [4.69, 9.17) is 5.73 Å². The lowest BCUT2D eigenvalue weighted by Crippen LogP contribution is -2.17. The number of anilines is 1. The zero-order valence-electron chi connectivity index (χ0n) is 9.97. The van der Waals surface area contributed by atoms with Crippen molar-refractivity contribution in [1.29, 1.82) is 0 Å². The van der Waals surface area contributed by atoms with E-state index in [0.717, 1.165) is 22.8 Å². The maximum atomic E-state index is 6.08. The minimum atomic E-state index is 0.0676. The van der Waals surface area contributed by atoms with Gasteiger partial charge >= 0.3 is 0 Å². The number of halogens is 1. The number of aromatic nitrogens is 2. The zero-order chi connectivity index (χ0) is 12.1. The van der Waals surface area contributed by atoms with Crippen LogP contribution in [-0.4, -0.2) is 16.2 Å². The molecule has 1 aliphatic carbocycles. The van der Waals surface area contributed by atoms with Gasteiger partial charge in [-0.25, -0.2) is 9.97 Å². The van der Waals surface area contributed by atoms with Gasteiger partial charge in [0.2, 0.25) is 0 Å². The highest BCUT2D eigenvalue weighted by atomic mass is 127. The maximum Gasteiger partial charge on any atom is 0.189 e. The van der Waals surface area contributed by atoms with E-state index >= 15 is 0 Å². The average molecular weight is 349 g/mol. The van der Waals surface area contributed by atoms with Crippen LogP contribution in [0.1, 0.15) is 38.4 Å². The Labute approximate surface area is 114 Å². The Morgan fingerprint density at radius 3 is 2.50 bits per heavy atom. The van der Waals surface area contributed by atoms with Gasteiger partial charge in [-0.3, -0.25) is 0 Å². The van der Waals surface area contributed by atoms with E-state index < -0.39 is 0 Å². The van der Waals surface area contributed by atoms with Gasteiger partial charge in [-0.1, -0.05) is 48.2 Å². The maximum absolute atomic E-state index is 6.08. The molecule has 0 radical (unpaired) electrons. The van der Waals surface area contributed by atoms with E-state index in [2.05, 4.69) is 53.3 Å². The summed E-state index contributed by atoms with van der Waals surface area (Å²) in [5.41, 5.74) is 8.41. The lowest BCUT2D eigenvalue weighted by atomic mass is 9.86. The molecular weight excluding hydrogens is 333 g/mol. The lowest BCUT2D eigenvalue weighted by molar-refractivity contribution is 0.479. The molecule has 0 aromatic carbocycles. The third-order valence-electron chi connectivity index (χ3n) is 3.04. The molecule has 1 atom stereocenters. The first kappa shape index (κ1) is 12.4. The fraction of sp³-hybridized carbons (Fsp3) is 0.636. The Morgan fingerprint density at radius 2 is 1.94 bits per heavy atom. The van der Waals surface area contributed by atoms with Gasteiger partial charge in [0.1, 0.15) is 5.82 Å². The Morgan fingerprint density at radius 1 is 1.31 bits per heavy atom. The van der Waals surface area contributed by atoms with E-state index in [1.165, 1.54) is 0 Å². The summed E-state index contributed by atoms with van der Waals surface area (Å²) in [7, 11) is 0. The van der Waals surface area contributed by atoms with E-state index in [1.54, 1.807) is 11.8 Å². The van der Waals surface area contributed by atoms with Crippen molar-refractivity contribution in [2.45, 2.75) is 41.2 Å². The molecule has 1 aromatic rings. The van der Waals surface area contributed by atoms with Crippen LogP contribution in [-0.2, 0) is 8.84 Å². The second-order valence-electron chi connectivity index (χ2n) is 5.08. The molecule has 0 bridgehead atoms. The summed E-state index contributed by atoms with van der Waals surface area (Å²) in [5, 5.41) is 0.775. The Balaban J connectivity index is 2.71. The van der Waals surface area contributed by atoms with Gasteiger partial charge in [0.15, 0.2) is 5.16 Å². The first-order chi connectivity index (χ1) is 7.28. The van der Waals surface area contributed by atoms with Crippen LogP contribution in [0, 0.1) is 0 Å². The lowest BCUT2D eigenvalue weighted by Gasteiger charge is -2.20. The van der Waals surface area contributed by atoms with Crippen LogP contribution in [0.3, 0.4) is 0 Å². The Hall–Kier alpha value is -0.0400. The van der Waals surface area contributed by atoms with Crippen molar-refractivity contribution >= 4 is 40.2 Å². The molecule has 88 valence electrons. The fourth-order valence-electron chi connectivity index (χ4n) is 2.59. The minimum Gasteiger partial charge on any atom is -0.383 e. The average Bonchev–Trinajstić information content (AvgIpc) is 2.32. The van der Waals surface area contributed by atoms with Gasteiger partial charge in [-0.2, -0.15) is 0 Å². The highest BCUT2D eigenvalue weighted by Gasteiger charge is 2.46. The molecule has 0 aliphatic heterocycles. The number of alkyl halides is 1. The van der Waals surface area contributed by atoms with Crippen LogP contribution >= 0.6 is 34.4 Å². The summed E-state index contributed by atoms with van der Waals surface area (Å²) in [6, 6.07) is 0. The normalized spacial score (nSPS) is 26.8. The highest BCUT2D eigenvalue weighted by Crippen LogP contribution is 2.53. The van der Waals surface area contributed by atoms with Crippen LogP contribution in [0.4, 0.5) is 5.82 Å². The molecule has 16 heavy (non-hydrogen) atoms. The van der Waals surface area contributed by atoms with Gasteiger partial charge in [-0.05, 0) is 25.0 Å². The van der Waals surface area contributed by atoms with Gasteiger partial charge in [0, 0.05) is 5.56 Å². The first-order valence-corrected chi connectivity index (χ1v) is 7.50. The van der Waals surface area contributed by atoms with Crippen molar-refractivity contribution in [3.05, 3.63) is 11.3 Å². The molecule has 2 rings (SSSR count). The zero-order valence-corrected chi connectivity index (χ0v) is 12.9. The third kappa shape index (κ3) is 1.81. The van der Waals surface area contributed by atoms with Crippen molar-refractivity contribution in [3.8, 4) is 0 Å². The molecule has 0 spiro atoms. The largest absolute Gasteiger partial charge is 0.383 e. The number of nitrogens with zero attached hydrogens (tertiary/aromatic N) is 2. The summed E-state index contributed by atoms with van der Waals surface area (Å²) in [4.78, 5) is 9.00. The number of rotatable bonds is 1. The van der Waals surface area contributed by atoms with Crippen molar-refractivity contribution in [2.24, 2.45) is 0 Å². The van der Waals surface area contributed by atoms with Crippen LogP contribution in [0.2, 0.25) is 0 Å². The molecule has 2 N–H and O–H groups in total. The van der Waals surface area contributed by atoms with Crippen LogP contribution < -0.4 is 5.73 Å². The minimum absolute atomic E-state index is 0.0676. The third-order valence-corrected chi connectivity index (χ3v) is 4.48. The molecule has 1 aliphatic rings. The van der Waals surface area contributed by atoms with Crippen molar-refractivity contribution < 1.29 is 0 Å². The second kappa shape index (κ2) is 3.73. The predicted molar refractivity (Wildman–Crippen MR) is 77.2 cm³/mol. The first-order valence-electron chi connectivity index (χ1n) is 5.19. The quantitative estimate of drug-likeness (QED) is 0.366. The Kier molecular flexibility index (Phi) is 2.89. The van der Waals surface area contributed by atoms with E-state index in [9.17, 15) is 0 Å². The van der Waals surface area contributed by atoms with Crippen molar-refractivity contribution in [1.82, 2.24) is 9.97 Å². The number of thioether (sulfide) groups is 1. The molecule has 1 heterocycles. The van der Waals surface area contributed by atoms with Crippen LogP contribution in [0.15, 0.2) is 5.16 Å². The number of nitrogen functional groups attached to an aromatic ring is 1. The number of hydrogen-bond donors (Lipinski definition) is 1. The second-order valence-corrected chi connectivity index (χ2v) is 8.23. The summed E-state index contributed by atoms with van der Waals surface area (Å²) >= 11 is 4.02. The summed E-state index contributed by atoms with van der Waals surface area (Å²) in [5.74, 6) is 0.653. The summed E-state index contributed by atoms with van der Waals surface area (Å²) < 4.78 is 0.0676. The smallest absolute Gasteiger partial charge is 0.189 e. The van der Waals surface area contributed by atoms with E-state index in [-0.39, 0.29) is 8.84 Å². The van der Waals surface area contributed by atoms with Crippen LogP contribution in [0.5, 0.6) is 0 Å².